The molecular weight excluding hydrogens is 550 g/mol. The van der Waals surface area contributed by atoms with E-state index >= 15 is 0 Å². The van der Waals surface area contributed by atoms with Crippen molar-refractivity contribution in [3.8, 4) is 11.1 Å². The number of likely N-dealkylation sites (N-methyl/N-ethyl adjacent to an activating group) is 1. The first-order valence-electron chi connectivity index (χ1n) is 15.4. The minimum Gasteiger partial charge on any atom is -0.392 e. The molecule has 44 heavy (non-hydrogen) atoms. The van der Waals surface area contributed by atoms with Crippen molar-refractivity contribution >= 4 is 6.03 Å². The maximum Gasteiger partial charge on any atom is 0.315 e. The maximum atomic E-state index is 11.8. The summed E-state index contributed by atoms with van der Waals surface area (Å²) in [6, 6.07) is 35.1. The van der Waals surface area contributed by atoms with E-state index in [2.05, 4.69) is 90.2 Å². The van der Waals surface area contributed by atoms with Crippen LogP contribution in [-0.2, 0) is 22.6 Å². The van der Waals surface area contributed by atoms with Crippen LogP contribution in [0.2, 0.25) is 0 Å². The molecule has 0 spiro atoms. The zero-order chi connectivity index (χ0) is 30.9. The van der Waals surface area contributed by atoms with Crippen LogP contribution in [0, 0.1) is 0 Å². The molecule has 0 radical (unpaired) electrons. The monoisotopic (exact) mass is 593 g/mol. The molecule has 7 heteroatoms. The molecule has 1 fully saturated rings. The van der Waals surface area contributed by atoms with Crippen LogP contribution >= 0.6 is 0 Å². The highest BCUT2D eigenvalue weighted by molar-refractivity contribution is 5.73. The van der Waals surface area contributed by atoms with Gasteiger partial charge in [0.2, 0.25) is 0 Å². The van der Waals surface area contributed by atoms with Gasteiger partial charge < -0.3 is 25.2 Å². The van der Waals surface area contributed by atoms with Crippen LogP contribution in [0.1, 0.15) is 66.5 Å². The highest BCUT2D eigenvalue weighted by Gasteiger charge is 2.33. The Hall–Kier alpha value is -4.01. The fraction of sp³-hybridized carbons (Fsp3) is 0.324. The molecule has 7 nitrogen and oxygen atoms in total. The molecular formula is C37H43N3O4. The van der Waals surface area contributed by atoms with Crippen LogP contribution in [0.15, 0.2) is 103 Å². The summed E-state index contributed by atoms with van der Waals surface area (Å²) in [6.45, 7) is 5.95. The fourth-order valence-corrected chi connectivity index (χ4v) is 5.60. The number of hydrogen-bond donors (Lipinski definition) is 3. The molecule has 1 aliphatic heterocycles. The lowest BCUT2D eigenvalue weighted by atomic mass is 9.98. The molecule has 4 atom stereocenters. The molecule has 0 bridgehead atoms. The van der Waals surface area contributed by atoms with E-state index in [1.807, 2.05) is 49.4 Å². The number of ether oxygens (including phenoxy) is 2. The molecule has 2 amide bonds. The Morgan fingerprint density at radius 1 is 0.864 bits per heavy atom. The van der Waals surface area contributed by atoms with Gasteiger partial charge in [-0.3, -0.25) is 4.90 Å². The Morgan fingerprint density at radius 3 is 2.30 bits per heavy atom. The zero-order valence-corrected chi connectivity index (χ0v) is 25.8. The highest BCUT2D eigenvalue weighted by atomic mass is 16.7. The van der Waals surface area contributed by atoms with Gasteiger partial charge in [-0.25, -0.2) is 4.79 Å². The lowest BCUT2D eigenvalue weighted by Crippen LogP contribution is -2.38. The van der Waals surface area contributed by atoms with Gasteiger partial charge in [0.05, 0.1) is 18.8 Å². The topological polar surface area (TPSA) is 83.1 Å². The van der Waals surface area contributed by atoms with Gasteiger partial charge in [-0.05, 0) is 60.3 Å². The molecule has 1 saturated heterocycles. The van der Waals surface area contributed by atoms with E-state index in [4.69, 9.17) is 9.47 Å². The average Bonchev–Trinajstić information content (AvgIpc) is 3.07. The average molecular weight is 594 g/mol. The Morgan fingerprint density at radius 2 is 1.59 bits per heavy atom. The minimum atomic E-state index is -0.515. The summed E-state index contributed by atoms with van der Waals surface area (Å²) in [5.74, 6) is 0. The number of urea groups is 1. The standard InChI is InChI=1S/C37H43N3O4/c1-4-38-37(42)39-23-28-9-8-12-33(21-28)30-17-19-32(20-18-30)36-43-34(24-40(3)26(2)29-10-6-5-7-11-29)22-35(44-36)31-15-13-27(25-41)14-16-31/h5-21,26,34-36,41H,4,22-25H2,1-3H3,(H2,38,39,42)/t26-,34+,35-,36-/m0/s1. The van der Waals surface area contributed by atoms with E-state index < -0.39 is 6.29 Å². The van der Waals surface area contributed by atoms with Gasteiger partial charge in [0.15, 0.2) is 6.29 Å². The summed E-state index contributed by atoms with van der Waals surface area (Å²) in [5.41, 5.74) is 7.38. The SMILES string of the molecule is CCNC(=O)NCc1cccc(-c2ccc([C@H]3O[C@@H](CN(C)[C@@H](C)c4ccccc4)C[C@@H](c4ccc(CO)cc4)O3)cc2)c1. The Kier molecular flexibility index (Phi) is 10.8. The van der Waals surface area contributed by atoms with Crippen LogP contribution in [0.4, 0.5) is 4.79 Å². The molecule has 4 aromatic carbocycles. The largest absolute Gasteiger partial charge is 0.392 e. The number of hydrogen-bond acceptors (Lipinski definition) is 5. The van der Waals surface area contributed by atoms with Gasteiger partial charge in [-0.2, -0.15) is 0 Å². The van der Waals surface area contributed by atoms with E-state index in [1.165, 1.54) is 5.56 Å². The van der Waals surface area contributed by atoms with Crippen molar-refractivity contribution in [3.05, 3.63) is 131 Å². The van der Waals surface area contributed by atoms with Crippen molar-refractivity contribution in [1.82, 2.24) is 15.5 Å². The van der Waals surface area contributed by atoms with Crippen molar-refractivity contribution in [2.75, 3.05) is 20.1 Å². The first-order valence-corrected chi connectivity index (χ1v) is 15.4. The van der Waals surface area contributed by atoms with Crippen molar-refractivity contribution < 1.29 is 19.4 Å². The molecule has 1 aliphatic rings. The summed E-state index contributed by atoms with van der Waals surface area (Å²) in [4.78, 5) is 14.2. The molecule has 1 heterocycles. The van der Waals surface area contributed by atoms with Gasteiger partial charge in [0.1, 0.15) is 0 Å². The van der Waals surface area contributed by atoms with E-state index in [1.54, 1.807) is 0 Å². The number of carbonyl (C=O) groups excluding carboxylic acids is 1. The van der Waals surface area contributed by atoms with E-state index in [-0.39, 0.29) is 30.9 Å². The lowest BCUT2D eigenvalue weighted by Gasteiger charge is -2.39. The van der Waals surface area contributed by atoms with Gasteiger partial charge in [0, 0.05) is 37.7 Å². The summed E-state index contributed by atoms with van der Waals surface area (Å²) in [5, 5.41) is 15.2. The second-order valence-corrected chi connectivity index (χ2v) is 11.4. The van der Waals surface area contributed by atoms with Crippen LogP contribution < -0.4 is 10.6 Å². The normalized spacial score (nSPS) is 19.0. The van der Waals surface area contributed by atoms with E-state index in [0.717, 1.165) is 46.3 Å². The fourth-order valence-electron chi connectivity index (χ4n) is 5.60. The molecule has 4 aromatic rings. The third-order valence-electron chi connectivity index (χ3n) is 8.28. The first-order chi connectivity index (χ1) is 21.4. The summed E-state index contributed by atoms with van der Waals surface area (Å²) in [6.07, 6.45) is 0.0379. The number of aliphatic hydroxyl groups excluding tert-OH is 1. The minimum absolute atomic E-state index is 0.0162. The third-order valence-corrected chi connectivity index (χ3v) is 8.28. The number of amides is 2. The molecule has 0 unspecified atom stereocenters. The summed E-state index contributed by atoms with van der Waals surface area (Å²) in [7, 11) is 2.14. The number of aliphatic hydroxyl groups is 1. The Balaban J connectivity index is 1.32. The molecule has 3 N–H and O–H groups in total. The van der Waals surface area contributed by atoms with Crippen molar-refractivity contribution in [2.45, 2.75) is 58.0 Å². The Bertz CT molecular complexity index is 1480. The van der Waals surface area contributed by atoms with Crippen molar-refractivity contribution in [3.63, 3.8) is 0 Å². The molecule has 230 valence electrons. The smallest absolute Gasteiger partial charge is 0.315 e. The van der Waals surface area contributed by atoms with Gasteiger partial charge >= 0.3 is 6.03 Å². The molecule has 0 saturated carbocycles. The van der Waals surface area contributed by atoms with Gasteiger partial charge in [-0.1, -0.05) is 97.1 Å². The summed E-state index contributed by atoms with van der Waals surface area (Å²) < 4.78 is 13.2. The van der Waals surface area contributed by atoms with Crippen molar-refractivity contribution in [1.29, 1.82) is 0 Å². The quantitative estimate of drug-likeness (QED) is 0.176. The second kappa shape index (κ2) is 15.1. The van der Waals surface area contributed by atoms with Crippen LogP contribution in [0.5, 0.6) is 0 Å². The number of benzene rings is 4. The van der Waals surface area contributed by atoms with E-state index in [0.29, 0.717) is 13.1 Å². The van der Waals surface area contributed by atoms with Crippen LogP contribution in [0.25, 0.3) is 11.1 Å². The van der Waals surface area contributed by atoms with Gasteiger partial charge in [0.25, 0.3) is 0 Å². The lowest BCUT2D eigenvalue weighted by molar-refractivity contribution is -0.253. The number of nitrogens with one attached hydrogen (secondary N) is 2. The second-order valence-electron chi connectivity index (χ2n) is 11.4. The maximum absolute atomic E-state index is 11.8. The predicted octanol–water partition coefficient (Wildman–Crippen LogP) is 6.90. The van der Waals surface area contributed by atoms with E-state index in [9.17, 15) is 9.90 Å². The Labute approximate surface area is 260 Å². The van der Waals surface area contributed by atoms with Crippen LogP contribution in [0.3, 0.4) is 0 Å². The first kappa shape index (κ1) is 31.4. The zero-order valence-electron chi connectivity index (χ0n) is 25.8. The third kappa shape index (κ3) is 8.12. The van der Waals surface area contributed by atoms with Gasteiger partial charge in [-0.15, -0.1) is 0 Å². The highest BCUT2D eigenvalue weighted by Crippen LogP contribution is 2.39. The number of rotatable bonds is 11. The molecule has 5 rings (SSSR count). The molecule has 0 aromatic heterocycles. The predicted molar refractivity (Wildman–Crippen MR) is 174 cm³/mol. The van der Waals surface area contributed by atoms with Crippen LogP contribution in [-0.4, -0.2) is 42.3 Å². The number of nitrogens with zero attached hydrogens (tertiary/aromatic N) is 1. The number of carbonyl (C=O) groups is 1. The molecule has 0 aliphatic carbocycles. The summed E-state index contributed by atoms with van der Waals surface area (Å²) >= 11 is 0. The van der Waals surface area contributed by atoms with Crippen molar-refractivity contribution in [2.24, 2.45) is 0 Å².